The van der Waals surface area contributed by atoms with Gasteiger partial charge in [0.1, 0.15) is 6.04 Å². The number of nitrogens with two attached hydrogens (primary N) is 1. The number of nitrogens with one attached hydrogen (secondary N) is 1. The second-order valence-electron chi connectivity index (χ2n) is 6.38. The van der Waals surface area contributed by atoms with Gasteiger partial charge >= 0.3 is 0 Å². The minimum absolute atomic E-state index is 0.0181. The van der Waals surface area contributed by atoms with Gasteiger partial charge in [0.05, 0.1) is 5.88 Å². The van der Waals surface area contributed by atoms with Crippen molar-refractivity contribution >= 4 is 23.6 Å². The summed E-state index contributed by atoms with van der Waals surface area (Å²) in [5.74, 6) is 1.90. The number of rotatable bonds is 6. The summed E-state index contributed by atoms with van der Waals surface area (Å²) in [5, 5.41) is 3.13. The van der Waals surface area contributed by atoms with E-state index in [1.807, 2.05) is 6.92 Å². The molecule has 6 heteroatoms. The summed E-state index contributed by atoms with van der Waals surface area (Å²) in [6.45, 7) is 2.48. The lowest BCUT2D eigenvalue weighted by atomic mass is 9.84. The van der Waals surface area contributed by atoms with Crippen LogP contribution in [0.2, 0.25) is 0 Å². The van der Waals surface area contributed by atoms with Crippen LogP contribution in [-0.2, 0) is 9.59 Å². The third-order valence-corrected chi connectivity index (χ3v) is 5.78. The van der Waals surface area contributed by atoms with Crippen molar-refractivity contribution in [3.8, 4) is 0 Å². The fourth-order valence-electron chi connectivity index (χ4n) is 3.45. The molecule has 22 heavy (non-hydrogen) atoms. The molecule has 2 amide bonds. The van der Waals surface area contributed by atoms with E-state index in [0.29, 0.717) is 30.5 Å². The molecule has 1 aliphatic carbocycles. The SMILES string of the molecule is CCCC(=O)N1CSCC1C(=O)NC(CN)C1CCCCC1. The van der Waals surface area contributed by atoms with E-state index in [-0.39, 0.29) is 23.9 Å². The number of nitrogens with zero attached hydrogens (tertiary/aromatic N) is 1. The Morgan fingerprint density at radius 1 is 1.32 bits per heavy atom. The number of thioether (sulfide) groups is 1. The fourth-order valence-corrected chi connectivity index (χ4v) is 4.63. The first kappa shape index (κ1) is 17.6. The van der Waals surface area contributed by atoms with Gasteiger partial charge < -0.3 is 16.0 Å². The standard InChI is InChI=1S/C16H29N3O2S/c1-2-6-15(20)19-11-22-10-14(19)16(21)18-13(9-17)12-7-4-3-5-8-12/h12-14H,2-11,17H2,1H3,(H,18,21). The molecule has 0 aromatic heterocycles. The van der Waals surface area contributed by atoms with Crippen molar-refractivity contribution in [2.24, 2.45) is 11.7 Å². The van der Waals surface area contributed by atoms with Crippen LogP contribution in [-0.4, -0.2) is 47.0 Å². The van der Waals surface area contributed by atoms with Crippen molar-refractivity contribution in [1.82, 2.24) is 10.2 Å². The molecule has 0 bridgehead atoms. The maximum absolute atomic E-state index is 12.6. The highest BCUT2D eigenvalue weighted by molar-refractivity contribution is 7.99. The Morgan fingerprint density at radius 3 is 2.68 bits per heavy atom. The maximum Gasteiger partial charge on any atom is 0.243 e. The smallest absolute Gasteiger partial charge is 0.243 e. The first-order valence-electron chi connectivity index (χ1n) is 8.55. The Hall–Kier alpha value is -0.750. The molecule has 1 aliphatic heterocycles. The maximum atomic E-state index is 12.6. The lowest BCUT2D eigenvalue weighted by Crippen LogP contribution is -2.53. The molecule has 0 aromatic rings. The average molecular weight is 327 g/mol. The van der Waals surface area contributed by atoms with Gasteiger partial charge in [-0.25, -0.2) is 0 Å². The van der Waals surface area contributed by atoms with Gasteiger partial charge in [0.25, 0.3) is 0 Å². The lowest BCUT2D eigenvalue weighted by Gasteiger charge is -2.32. The summed E-state index contributed by atoms with van der Waals surface area (Å²) in [5.41, 5.74) is 5.89. The first-order chi connectivity index (χ1) is 10.7. The molecule has 2 atom stereocenters. The van der Waals surface area contributed by atoms with Gasteiger partial charge in [-0.05, 0) is 25.2 Å². The monoisotopic (exact) mass is 327 g/mol. The van der Waals surface area contributed by atoms with Crippen LogP contribution in [0, 0.1) is 5.92 Å². The molecule has 1 saturated carbocycles. The molecular weight excluding hydrogens is 298 g/mol. The van der Waals surface area contributed by atoms with Gasteiger partial charge in [0.2, 0.25) is 11.8 Å². The Balaban J connectivity index is 1.92. The molecule has 2 rings (SSSR count). The van der Waals surface area contributed by atoms with E-state index in [1.54, 1.807) is 16.7 Å². The van der Waals surface area contributed by atoms with E-state index < -0.39 is 0 Å². The summed E-state index contributed by atoms with van der Waals surface area (Å²) >= 11 is 1.66. The Labute approximate surface area is 137 Å². The molecule has 0 aromatic carbocycles. The third-order valence-electron chi connectivity index (χ3n) is 4.77. The Kier molecular flexibility index (Phi) is 7.02. The second-order valence-corrected chi connectivity index (χ2v) is 7.38. The quantitative estimate of drug-likeness (QED) is 0.779. The predicted molar refractivity (Wildman–Crippen MR) is 90.4 cm³/mol. The topological polar surface area (TPSA) is 75.4 Å². The van der Waals surface area contributed by atoms with Crippen molar-refractivity contribution < 1.29 is 9.59 Å². The molecule has 2 fully saturated rings. The van der Waals surface area contributed by atoms with E-state index in [1.165, 1.54) is 19.3 Å². The molecule has 3 N–H and O–H groups in total. The van der Waals surface area contributed by atoms with Gasteiger partial charge in [-0.15, -0.1) is 11.8 Å². The van der Waals surface area contributed by atoms with Gasteiger partial charge in [-0.1, -0.05) is 26.2 Å². The Morgan fingerprint density at radius 2 is 2.05 bits per heavy atom. The largest absolute Gasteiger partial charge is 0.350 e. The van der Waals surface area contributed by atoms with E-state index in [4.69, 9.17) is 5.73 Å². The predicted octanol–water partition coefficient (Wildman–Crippen LogP) is 1.71. The Bertz CT molecular complexity index is 386. The van der Waals surface area contributed by atoms with Crippen LogP contribution in [0.4, 0.5) is 0 Å². The molecule has 1 saturated heterocycles. The molecule has 0 spiro atoms. The summed E-state index contributed by atoms with van der Waals surface area (Å²) in [7, 11) is 0. The van der Waals surface area contributed by atoms with Crippen LogP contribution in [0.15, 0.2) is 0 Å². The highest BCUT2D eigenvalue weighted by Crippen LogP contribution is 2.27. The number of carbonyl (C=O) groups is 2. The molecule has 2 aliphatic rings. The van der Waals surface area contributed by atoms with Crippen molar-refractivity contribution in [2.75, 3.05) is 18.2 Å². The second kappa shape index (κ2) is 8.77. The van der Waals surface area contributed by atoms with Crippen LogP contribution in [0.5, 0.6) is 0 Å². The molecule has 5 nitrogen and oxygen atoms in total. The number of carbonyl (C=O) groups excluding carboxylic acids is 2. The third kappa shape index (κ3) is 4.38. The minimum atomic E-state index is -0.318. The van der Waals surface area contributed by atoms with Gasteiger partial charge in [-0.2, -0.15) is 0 Å². The minimum Gasteiger partial charge on any atom is -0.350 e. The fraction of sp³-hybridized carbons (Fsp3) is 0.875. The summed E-state index contributed by atoms with van der Waals surface area (Å²) < 4.78 is 0. The van der Waals surface area contributed by atoms with Gasteiger partial charge in [0, 0.05) is 24.8 Å². The highest BCUT2D eigenvalue weighted by Gasteiger charge is 2.35. The van der Waals surface area contributed by atoms with E-state index in [0.717, 1.165) is 19.3 Å². The zero-order valence-electron chi connectivity index (χ0n) is 13.6. The summed E-state index contributed by atoms with van der Waals surface area (Å²) in [6.07, 6.45) is 7.41. The summed E-state index contributed by atoms with van der Waals surface area (Å²) in [6, 6.07) is -0.261. The van der Waals surface area contributed by atoms with E-state index in [9.17, 15) is 9.59 Å². The van der Waals surface area contributed by atoms with E-state index >= 15 is 0 Å². The molecule has 126 valence electrons. The number of hydrogen-bond acceptors (Lipinski definition) is 4. The van der Waals surface area contributed by atoms with Crippen LogP contribution >= 0.6 is 11.8 Å². The molecule has 2 unspecified atom stereocenters. The normalized spacial score (nSPS) is 24.3. The van der Waals surface area contributed by atoms with Crippen LogP contribution in [0.3, 0.4) is 0 Å². The van der Waals surface area contributed by atoms with Crippen LogP contribution in [0.1, 0.15) is 51.9 Å². The number of amides is 2. The molecular formula is C16H29N3O2S. The van der Waals surface area contributed by atoms with E-state index in [2.05, 4.69) is 5.32 Å². The molecule has 0 radical (unpaired) electrons. The van der Waals surface area contributed by atoms with Gasteiger partial charge in [-0.3, -0.25) is 9.59 Å². The van der Waals surface area contributed by atoms with Gasteiger partial charge in [0.15, 0.2) is 0 Å². The van der Waals surface area contributed by atoms with Crippen molar-refractivity contribution in [1.29, 1.82) is 0 Å². The van der Waals surface area contributed by atoms with Crippen molar-refractivity contribution in [3.63, 3.8) is 0 Å². The zero-order chi connectivity index (χ0) is 15.9. The average Bonchev–Trinajstić information content (AvgIpc) is 3.03. The first-order valence-corrected chi connectivity index (χ1v) is 9.70. The highest BCUT2D eigenvalue weighted by atomic mass is 32.2. The molecule has 1 heterocycles. The van der Waals surface area contributed by atoms with Crippen LogP contribution < -0.4 is 11.1 Å². The summed E-state index contributed by atoms with van der Waals surface area (Å²) in [4.78, 5) is 26.5. The lowest BCUT2D eigenvalue weighted by molar-refractivity contribution is -0.138. The zero-order valence-corrected chi connectivity index (χ0v) is 14.4. The van der Waals surface area contributed by atoms with Crippen molar-refractivity contribution in [3.05, 3.63) is 0 Å². The van der Waals surface area contributed by atoms with Crippen molar-refractivity contribution in [2.45, 2.75) is 64.0 Å². The number of hydrogen-bond donors (Lipinski definition) is 2. The van der Waals surface area contributed by atoms with Crippen LogP contribution in [0.25, 0.3) is 0 Å².